The fraction of sp³-hybridized carbons (Fsp3) is 0.667. The zero-order valence-electron chi connectivity index (χ0n) is 9.48. The van der Waals surface area contributed by atoms with E-state index in [0.717, 1.165) is 11.5 Å². The second-order valence-electron chi connectivity index (χ2n) is 3.80. The lowest BCUT2D eigenvalue weighted by Gasteiger charge is -2.22. The van der Waals surface area contributed by atoms with Crippen LogP contribution in [0.1, 0.15) is 22.3 Å². The van der Waals surface area contributed by atoms with Crippen molar-refractivity contribution in [3.63, 3.8) is 0 Å². The molecule has 0 fully saturated rings. The third kappa shape index (κ3) is 3.73. The van der Waals surface area contributed by atoms with Crippen LogP contribution in [-0.4, -0.2) is 44.8 Å². The van der Waals surface area contributed by atoms with Crippen molar-refractivity contribution < 1.29 is 9.90 Å². The maximum Gasteiger partial charge on any atom is 0.265 e. The summed E-state index contributed by atoms with van der Waals surface area (Å²) in [6.07, 6.45) is 1.91. The number of amides is 1. The summed E-state index contributed by atoms with van der Waals surface area (Å²) < 4.78 is 3.69. The van der Waals surface area contributed by atoms with Gasteiger partial charge in [-0.1, -0.05) is 4.49 Å². The first-order valence-corrected chi connectivity index (χ1v) is 6.91. The van der Waals surface area contributed by atoms with Gasteiger partial charge in [-0.05, 0) is 31.6 Å². The van der Waals surface area contributed by atoms with E-state index in [1.807, 2.05) is 6.26 Å². The van der Waals surface area contributed by atoms with Gasteiger partial charge in [0.25, 0.3) is 5.91 Å². The van der Waals surface area contributed by atoms with Crippen LogP contribution < -0.4 is 5.32 Å². The Morgan fingerprint density at radius 2 is 2.38 bits per heavy atom. The quantitative estimate of drug-likeness (QED) is 0.815. The molecule has 0 radical (unpaired) electrons. The zero-order chi connectivity index (χ0) is 12.2. The van der Waals surface area contributed by atoms with Gasteiger partial charge in [-0.25, -0.2) is 0 Å². The second kappa shape index (κ2) is 5.60. The third-order valence-corrected chi connectivity index (χ3v) is 3.68. The lowest BCUT2D eigenvalue weighted by Crippen LogP contribution is -2.42. The molecule has 90 valence electrons. The van der Waals surface area contributed by atoms with Crippen molar-refractivity contribution in [3.8, 4) is 0 Å². The van der Waals surface area contributed by atoms with Gasteiger partial charge in [-0.15, -0.1) is 5.10 Å². The van der Waals surface area contributed by atoms with Gasteiger partial charge in [-0.3, -0.25) is 4.79 Å². The van der Waals surface area contributed by atoms with Crippen LogP contribution in [-0.2, 0) is 0 Å². The average Bonchev–Trinajstić information content (AvgIpc) is 2.61. The molecule has 0 aliphatic rings. The number of carbonyl (C=O) groups is 1. The molecule has 7 heteroatoms. The van der Waals surface area contributed by atoms with Crippen molar-refractivity contribution in [3.05, 3.63) is 10.6 Å². The van der Waals surface area contributed by atoms with Gasteiger partial charge < -0.3 is 10.4 Å². The number of nitrogens with one attached hydrogen (secondary N) is 1. The highest BCUT2D eigenvalue weighted by molar-refractivity contribution is 7.98. The topological polar surface area (TPSA) is 75.1 Å². The Kier molecular flexibility index (Phi) is 4.69. The van der Waals surface area contributed by atoms with Gasteiger partial charge in [0.15, 0.2) is 0 Å². The molecule has 1 atom stereocenters. The van der Waals surface area contributed by atoms with E-state index >= 15 is 0 Å². The Labute approximate surface area is 103 Å². The monoisotopic (exact) mass is 261 g/mol. The number of carbonyl (C=O) groups excluding carboxylic acids is 1. The third-order valence-electron chi connectivity index (χ3n) is 1.94. The standard InChI is InChI=1S/C9H15N3O2S2/c1-6-7(16-12-11-6)8(13)10-4-9(2,14)5-15-3/h14H,4-5H2,1-3H3,(H,10,13)/t9-/m0/s1. The molecule has 0 aromatic carbocycles. The molecule has 1 amide bonds. The van der Waals surface area contributed by atoms with Gasteiger partial charge in [-0.2, -0.15) is 11.8 Å². The molecule has 1 heterocycles. The number of aliphatic hydroxyl groups is 1. The molecule has 0 aliphatic carbocycles. The van der Waals surface area contributed by atoms with E-state index in [2.05, 4.69) is 14.9 Å². The number of aryl methyl sites for hydroxylation is 1. The van der Waals surface area contributed by atoms with Gasteiger partial charge in [0.2, 0.25) is 0 Å². The molecule has 1 aromatic rings. The average molecular weight is 261 g/mol. The Morgan fingerprint density at radius 3 is 2.88 bits per heavy atom. The van der Waals surface area contributed by atoms with E-state index in [0.29, 0.717) is 16.3 Å². The SMILES string of the molecule is CSC[C@@](C)(O)CNC(=O)c1snnc1C. The highest BCUT2D eigenvalue weighted by Crippen LogP contribution is 2.11. The fourth-order valence-corrected chi connectivity index (χ4v) is 2.45. The first-order chi connectivity index (χ1) is 7.46. The molecule has 0 spiro atoms. The number of nitrogens with zero attached hydrogens (tertiary/aromatic N) is 2. The van der Waals surface area contributed by atoms with Crippen molar-refractivity contribution >= 4 is 29.2 Å². The van der Waals surface area contributed by atoms with E-state index in [1.165, 1.54) is 11.8 Å². The van der Waals surface area contributed by atoms with Crippen molar-refractivity contribution in [2.75, 3.05) is 18.6 Å². The van der Waals surface area contributed by atoms with Crippen LogP contribution >= 0.6 is 23.3 Å². The van der Waals surface area contributed by atoms with E-state index in [-0.39, 0.29) is 12.5 Å². The maximum absolute atomic E-state index is 11.7. The molecule has 0 aliphatic heterocycles. The summed E-state index contributed by atoms with van der Waals surface area (Å²) in [6, 6.07) is 0. The lowest BCUT2D eigenvalue weighted by atomic mass is 10.1. The molecule has 5 nitrogen and oxygen atoms in total. The molecule has 16 heavy (non-hydrogen) atoms. The van der Waals surface area contributed by atoms with Crippen molar-refractivity contribution in [1.29, 1.82) is 0 Å². The van der Waals surface area contributed by atoms with Gasteiger partial charge in [0.1, 0.15) is 4.88 Å². The minimum atomic E-state index is -0.888. The minimum absolute atomic E-state index is 0.226. The van der Waals surface area contributed by atoms with Crippen LogP contribution in [0.3, 0.4) is 0 Å². The van der Waals surface area contributed by atoms with Crippen LogP contribution in [0.5, 0.6) is 0 Å². The van der Waals surface area contributed by atoms with Gasteiger partial charge in [0, 0.05) is 12.3 Å². The summed E-state index contributed by atoms with van der Waals surface area (Å²) in [5.41, 5.74) is -0.270. The predicted molar refractivity (Wildman–Crippen MR) is 66.0 cm³/mol. The summed E-state index contributed by atoms with van der Waals surface area (Å²) in [4.78, 5) is 12.2. The summed E-state index contributed by atoms with van der Waals surface area (Å²) in [5.74, 6) is 0.349. The number of hydrogen-bond acceptors (Lipinski definition) is 6. The lowest BCUT2D eigenvalue weighted by molar-refractivity contribution is 0.0727. The summed E-state index contributed by atoms with van der Waals surface area (Å²) >= 11 is 2.60. The van der Waals surface area contributed by atoms with Crippen LogP contribution in [0.4, 0.5) is 0 Å². The predicted octanol–water partition coefficient (Wildman–Crippen LogP) is 0.690. The highest BCUT2D eigenvalue weighted by atomic mass is 32.2. The normalized spacial score (nSPS) is 14.5. The van der Waals surface area contributed by atoms with Crippen LogP contribution in [0.15, 0.2) is 0 Å². The second-order valence-corrected chi connectivity index (χ2v) is 5.42. The van der Waals surface area contributed by atoms with E-state index in [4.69, 9.17) is 0 Å². The van der Waals surface area contributed by atoms with Crippen LogP contribution in [0, 0.1) is 6.92 Å². The summed E-state index contributed by atoms with van der Waals surface area (Å²) in [6.45, 7) is 3.66. The number of rotatable bonds is 5. The molecule has 0 bridgehead atoms. The molecule has 1 rings (SSSR count). The van der Waals surface area contributed by atoms with Gasteiger partial charge in [0.05, 0.1) is 11.3 Å². The smallest absolute Gasteiger partial charge is 0.265 e. The zero-order valence-corrected chi connectivity index (χ0v) is 11.1. The molecular formula is C9H15N3O2S2. The fourth-order valence-electron chi connectivity index (χ4n) is 1.15. The summed E-state index contributed by atoms with van der Waals surface area (Å²) in [5, 5.41) is 16.3. The summed E-state index contributed by atoms with van der Waals surface area (Å²) in [7, 11) is 0. The Balaban J connectivity index is 2.51. The Hall–Kier alpha value is -0.660. The first-order valence-electron chi connectivity index (χ1n) is 4.75. The molecule has 1 aromatic heterocycles. The largest absolute Gasteiger partial charge is 0.387 e. The number of thioether (sulfide) groups is 1. The minimum Gasteiger partial charge on any atom is -0.387 e. The van der Waals surface area contributed by atoms with Crippen LogP contribution in [0.25, 0.3) is 0 Å². The molecule has 2 N–H and O–H groups in total. The molecule has 0 unspecified atom stereocenters. The number of hydrogen-bond donors (Lipinski definition) is 2. The van der Waals surface area contributed by atoms with Crippen molar-refractivity contribution in [2.45, 2.75) is 19.4 Å². The van der Waals surface area contributed by atoms with E-state index in [9.17, 15) is 9.90 Å². The number of aromatic nitrogens is 2. The van der Waals surface area contributed by atoms with E-state index in [1.54, 1.807) is 13.8 Å². The molecule has 0 saturated carbocycles. The highest BCUT2D eigenvalue weighted by Gasteiger charge is 2.22. The van der Waals surface area contributed by atoms with Gasteiger partial charge >= 0.3 is 0 Å². The molecule has 0 saturated heterocycles. The Bertz CT molecular complexity index is 365. The first kappa shape index (κ1) is 13.4. The van der Waals surface area contributed by atoms with Crippen LogP contribution in [0.2, 0.25) is 0 Å². The van der Waals surface area contributed by atoms with Crippen molar-refractivity contribution in [1.82, 2.24) is 14.9 Å². The van der Waals surface area contributed by atoms with Crippen molar-refractivity contribution in [2.24, 2.45) is 0 Å². The molecular weight excluding hydrogens is 246 g/mol. The maximum atomic E-state index is 11.7. The Morgan fingerprint density at radius 1 is 1.69 bits per heavy atom. The van der Waals surface area contributed by atoms with E-state index < -0.39 is 5.60 Å².